The number of hydrogen-bond acceptors (Lipinski definition) is 4. The molecule has 3 N–H and O–H groups in total. The Labute approximate surface area is 104 Å². The number of hydrogen-bond donors (Lipinski definition) is 2. The lowest BCUT2D eigenvalue weighted by atomic mass is 9.96. The largest absolute Gasteiger partial charge is 0.374 e. The fourth-order valence-corrected chi connectivity index (χ4v) is 2.39. The quantitative estimate of drug-likeness (QED) is 0.637. The van der Waals surface area contributed by atoms with E-state index in [1.165, 1.54) is 0 Å². The number of halogens is 1. The van der Waals surface area contributed by atoms with Crippen LogP contribution in [0, 0.1) is 0 Å². The molecule has 0 aliphatic rings. The third-order valence-electron chi connectivity index (χ3n) is 2.59. The number of aryl methyl sites for hydroxylation is 1. The molecule has 0 aliphatic heterocycles. The lowest BCUT2D eigenvalue weighted by molar-refractivity contribution is -0.0412. The third kappa shape index (κ3) is 2.63. The predicted molar refractivity (Wildman–Crippen MR) is 66.7 cm³/mol. The Balaban J connectivity index is 3.07. The highest BCUT2D eigenvalue weighted by molar-refractivity contribution is 9.10. The molecule has 0 aromatic carbocycles. The molecule has 1 unspecified atom stereocenters. The fourth-order valence-electron chi connectivity index (χ4n) is 1.81. The van der Waals surface area contributed by atoms with Crippen LogP contribution in [0.25, 0.3) is 0 Å². The first-order chi connectivity index (χ1) is 7.44. The molecule has 0 saturated carbocycles. The van der Waals surface area contributed by atoms with Crippen molar-refractivity contribution in [2.24, 2.45) is 12.9 Å². The Morgan fingerprint density at radius 3 is 2.69 bits per heavy atom. The maximum atomic E-state index is 5.71. The van der Waals surface area contributed by atoms with Gasteiger partial charge in [-0.2, -0.15) is 5.10 Å². The van der Waals surface area contributed by atoms with Gasteiger partial charge in [-0.3, -0.25) is 10.5 Å². The molecule has 0 saturated heterocycles. The van der Waals surface area contributed by atoms with E-state index in [1.54, 1.807) is 10.9 Å². The van der Waals surface area contributed by atoms with E-state index in [4.69, 9.17) is 10.6 Å². The van der Waals surface area contributed by atoms with E-state index in [0.29, 0.717) is 6.61 Å². The van der Waals surface area contributed by atoms with Gasteiger partial charge in [0.2, 0.25) is 0 Å². The van der Waals surface area contributed by atoms with Crippen LogP contribution in [0.15, 0.2) is 10.7 Å². The van der Waals surface area contributed by atoms with Gasteiger partial charge >= 0.3 is 0 Å². The van der Waals surface area contributed by atoms with Crippen LogP contribution in [0.4, 0.5) is 0 Å². The molecule has 0 spiro atoms. The van der Waals surface area contributed by atoms with Crippen LogP contribution in [-0.4, -0.2) is 22.0 Å². The number of ether oxygens (including phenoxy) is 1. The van der Waals surface area contributed by atoms with Crippen molar-refractivity contribution in [3.63, 3.8) is 0 Å². The minimum Gasteiger partial charge on any atom is -0.374 e. The van der Waals surface area contributed by atoms with Gasteiger partial charge in [-0.05, 0) is 36.7 Å². The molecule has 1 aromatic rings. The van der Waals surface area contributed by atoms with Gasteiger partial charge in [-0.25, -0.2) is 5.43 Å². The summed E-state index contributed by atoms with van der Waals surface area (Å²) >= 11 is 3.47. The van der Waals surface area contributed by atoms with Crippen molar-refractivity contribution in [3.8, 4) is 0 Å². The summed E-state index contributed by atoms with van der Waals surface area (Å²) in [4.78, 5) is 0. The van der Waals surface area contributed by atoms with E-state index in [0.717, 1.165) is 10.2 Å². The van der Waals surface area contributed by atoms with Crippen molar-refractivity contribution in [2.45, 2.75) is 32.4 Å². The molecule has 16 heavy (non-hydrogen) atoms. The fraction of sp³-hybridized carbons (Fsp3) is 0.700. The van der Waals surface area contributed by atoms with Crippen molar-refractivity contribution >= 4 is 15.9 Å². The van der Waals surface area contributed by atoms with Crippen molar-refractivity contribution in [1.29, 1.82) is 0 Å². The zero-order valence-corrected chi connectivity index (χ0v) is 11.7. The van der Waals surface area contributed by atoms with Crippen LogP contribution in [0.3, 0.4) is 0 Å². The highest BCUT2D eigenvalue weighted by Crippen LogP contribution is 2.32. The molecule has 1 rings (SSSR count). The summed E-state index contributed by atoms with van der Waals surface area (Å²) in [6.45, 7) is 6.61. The number of nitrogens with zero attached hydrogens (tertiary/aromatic N) is 2. The van der Waals surface area contributed by atoms with Crippen LogP contribution < -0.4 is 11.3 Å². The van der Waals surface area contributed by atoms with E-state index in [-0.39, 0.29) is 6.04 Å². The maximum absolute atomic E-state index is 5.71. The molecular weight excluding hydrogens is 272 g/mol. The minimum absolute atomic E-state index is 0.130. The standard InChI is InChI=1S/C10H19BrN4O/c1-5-16-10(2,3)9(14-12)8-7(11)6-13-15(8)4/h6,9,14H,5,12H2,1-4H3. The zero-order valence-electron chi connectivity index (χ0n) is 10.1. The molecule has 92 valence electrons. The molecule has 0 amide bonds. The lowest BCUT2D eigenvalue weighted by Gasteiger charge is -2.33. The summed E-state index contributed by atoms with van der Waals surface area (Å²) in [5, 5.41) is 4.18. The van der Waals surface area contributed by atoms with Crippen LogP contribution in [-0.2, 0) is 11.8 Å². The first-order valence-electron chi connectivity index (χ1n) is 5.21. The van der Waals surface area contributed by atoms with E-state index in [2.05, 4.69) is 26.5 Å². The van der Waals surface area contributed by atoms with Gasteiger partial charge in [0.1, 0.15) is 0 Å². The molecule has 0 radical (unpaired) electrons. The Morgan fingerprint density at radius 1 is 1.69 bits per heavy atom. The number of aromatic nitrogens is 2. The van der Waals surface area contributed by atoms with Crippen molar-refractivity contribution in [3.05, 3.63) is 16.4 Å². The molecule has 1 aromatic heterocycles. The Bertz CT molecular complexity index is 331. The van der Waals surface area contributed by atoms with Crippen LogP contribution in [0.5, 0.6) is 0 Å². The highest BCUT2D eigenvalue weighted by atomic mass is 79.9. The molecule has 5 nitrogen and oxygen atoms in total. The van der Waals surface area contributed by atoms with Gasteiger partial charge in [0.25, 0.3) is 0 Å². The summed E-state index contributed by atoms with van der Waals surface area (Å²) in [6.07, 6.45) is 1.75. The zero-order chi connectivity index (χ0) is 12.3. The first kappa shape index (κ1) is 13.6. The summed E-state index contributed by atoms with van der Waals surface area (Å²) in [6, 6.07) is -0.130. The monoisotopic (exact) mass is 290 g/mol. The second-order valence-corrected chi connectivity index (χ2v) is 4.99. The number of hydrazine groups is 1. The minimum atomic E-state index is -0.403. The Kier molecular flexibility index (Phi) is 4.49. The van der Waals surface area contributed by atoms with E-state index in [1.807, 2.05) is 27.8 Å². The Morgan fingerprint density at radius 2 is 2.31 bits per heavy atom. The molecule has 0 bridgehead atoms. The van der Waals surface area contributed by atoms with Crippen molar-refractivity contribution < 1.29 is 4.74 Å². The van der Waals surface area contributed by atoms with Crippen LogP contribution in [0.2, 0.25) is 0 Å². The smallest absolute Gasteiger partial charge is 0.0924 e. The van der Waals surface area contributed by atoms with Gasteiger partial charge in [-0.15, -0.1) is 0 Å². The number of nitrogens with one attached hydrogen (secondary N) is 1. The van der Waals surface area contributed by atoms with Crippen LogP contribution >= 0.6 is 15.9 Å². The van der Waals surface area contributed by atoms with Crippen molar-refractivity contribution in [2.75, 3.05) is 6.61 Å². The van der Waals surface area contributed by atoms with Gasteiger partial charge in [0, 0.05) is 13.7 Å². The van der Waals surface area contributed by atoms with Gasteiger partial charge in [-0.1, -0.05) is 0 Å². The first-order valence-corrected chi connectivity index (χ1v) is 6.00. The molecule has 1 atom stereocenters. The molecule has 1 heterocycles. The lowest BCUT2D eigenvalue weighted by Crippen LogP contribution is -2.45. The third-order valence-corrected chi connectivity index (χ3v) is 3.20. The summed E-state index contributed by atoms with van der Waals surface area (Å²) in [7, 11) is 1.88. The number of rotatable bonds is 5. The van der Waals surface area contributed by atoms with Crippen LogP contribution in [0.1, 0.15) is 32.5 Å². The summed E-state index contributed by atoms with van der Waals surface area (Å²) in [5.41, 5.74) is 3.37. The van der Waals surface area contributed by atoms with E-state index >= 15 is 0 Å². The van der Waals surface area contributed by atoms with Gasteiger partial charge in [0.05, 0.1) is 28.0 Å². The second kappa shape index (κ2) is 5.27. The summed E-state index contributed by atoms with van der Waals surface area (Å²) < 4.78 is 8.42. The molecule has 0 aliphatic carbocycles. The second-order valence-electron chi connectivity index (χ2n) is 4.14. The maximum Gasteiger partial charge on any atom is 0.0924 e. The molecule has 6 heteroatoms. The van der Waals surface area contributed by atoms with E-state index < -0.39 is 5.60 Å². The predicted octanol–water partition coefficient (Wildman–Crippen LogP) is 1.50. The van der Waals surface area contributed by atoms with E-state index in [9.17, 15) is 0 Å². The number of nitrogens with two attached hydrogens (primary N) is 1. The van der Waals surface area contributed by atoms with Gasteiger partial charge in [0.15, 0.2) is 0 Å². The normalized spacial score (nSPS) is 14.1. The van der Waals surface area contributed by atoms with Gasteiger partial charge < -0.3 is 4.74 Å². The topological polar surface area (TPSA) is 65.1 Å². The Hall–Kier alpha value is -0.430. The average molecular weight is 291 g/mol. The summed E-state index contributed by atoms with van der Waals surface area (Å²) in [5.74, 6) is 5.63. The highest BCUT2D eigenvalue weighted by Gasteiger charge is 2.34. The molecular formula is C10H19BrN4O. The SMILES string of the molecule is CCOC(C)(C)C(NN)c1c(Br)cnn1C. The van der Waals surface area contributed by atoms with Crippen molar-refractivity contribution in [1.82, 2.24) is 15.2 Å². The molecule has 0 fully saturated rings. The average Bonchev–Trinajstić information content (AvgIpc) is 2.50.